The van der Waals surface area contributed by atoms with Crippen molar-refractivity contribution in [2.75, 3.05) is 13.1 Å². The molecular weight excluding hydrogens is 190 g/mol. The summed E-state index contributed by atoms with van der Waals surface area (Å²) in [6, 6.07) is 2.75. The summed E-state index contributed by atoms with van der Waals surface area (Å²) in [5.41, 5.74) is 0.725. The second-order valence-electron chi connectivity index (χ2n) is 4.42. The second-order valence-corrected chi connectivity index (χ2v) is 4.42. The molecule has 0 saturated carbocycles. The molecule has 4 heteroatoms. The number of Topliss-reactive ketones (excluding diaryl/α,β-unsaturated/α-hetero) is 1. The number of carbonyl (C=O) groups excluding carboxylic acids is 1. The molecule has 0 aliphatic carbocycles. The van der Waals surface area contributed by atoms with Crippen LogP contribution >= 0.6 is 0 Å². The minimum atomic E-state index is 0.0931. The van der Waals surface area contributed by atoms with Gasteiger partial charge < -0.3 is 0 Å². The highest BCUT2D eigenvalue weighted by atomic mass is 16.1. The minimum Gasteiger partial charge on any atom is -0.297 e. The van der Waals surface area contributed by atoms with Crippen molar-refractivity contribution in [2.24, 2.45) is 0 Å². The number of hydrogen-bond acceptors (Lipinski definition) is 3. The zero-order valence-corrected chi connectivity index (χ0v) is 9.47. The summed E-state index contributed by atoms with van der Waals surface area (Å²) in [5, 5.41) is 4.22. The first-order valence-electron chi connectivity index (χ1n) is 5.38. The number of rotatable bonds is 3. The van der Waals surface area contributed by atoms with Crippen LogP contribution in [0.3, 0.4) is 0 Å². The molecule has 0 atom stereocenters. The lowest BCUT2D eigenvalue weighted by Gasteiger charge is -2.42. The molecule has 1 aromatic heterocycles. The topological polar surface area (TPSA) is 38.1 Å². The van der Waals surface area contributed by atoms with Crippen molar-refractivity contribution in [1.29, 1.82) is 0 Å². The van der Waals surface area contributed by atoms with Crippen molar-refractivity contribution in [3.8, 4) is 0 Å². The van der Waals surface area contributed by atoms with Crippen LogP contribution in [0.4, 0.5) is 0 Å². The fourth-order valence-corrected chi connectivity index (χ4v) is 1.95. The molecule has 82 valence electrons. The second kappa shape index (κ2) is 3.77. The van der Waals surface area contributed by atoms with Crippen LogP contribution in [-0.4, -0.2) is 39.6 Å². The van der Waals surface area contributed by atoms with E-state index in [1.807, 2.05) is 4.68 Å². The van der Waals surface area contributed by atoms with E-state index in [9.17, 15) is 4.79 Å². The molecule has 0 bridgehead atoms. The van der Waals surface area contributed by atoms with Gasteiger partial charge in [-0.1, -0.05) is 0 Å². The SMILES string of the molecule is CC(=O)c1ccnn1C1CN(C(C)C)C1. The smallest absolute Gasteiger partial charge is 0.177 e. The zero-order chi connectivity index (χ0) is 11.0. The minimum absolute atomic E-state index is 0.0931. The monoisotopic (exact) mass is 207 g/mol. The van der Waals surface area contributed by atoms with Crippen molar-refractivity contribution < 1.29 is 4.79 Å². The standard InChI is InChI=1S/C11H17N3O/c1-8(2)13-6-10(7-13)14-11(9(3)15)4-5-12-14/h4-5,8,10H,6-7H2,1-3H3. The van der Waals surface area contributed by atoms with Crippen molar-refractivity contribution in [1.82, 2.24) is 14.7 Å². The molecule has 1 aromatic rings. The quantitative estimate of drug-likeness (QED) is 0.702. The zero-order valence-electron chi connectivity index (χ0n) is 9.47. The van der Waals surface area contributed by atoms with Crippen LogP contribution in [0.1, 0.15) is 37.3 Å². The Kier molecular flexibility index (Phi) is 2.61. The van der Waals surface area contributed by atoms with Crippen LogP contribution in [0.15, 0.2) is 12.3 Å². The Morgan fingerprint density at radius 3 is 2.73 bits per heavy atom. The normalized spacial score (nSPS) is 18.1. The molecule has 2 rings (SSSR count). The van der Waals surface area contributed by atoms with E-state index >= 15 is 0 Å². The Balaban J connectivity index is 2.07. The van der Waals surface area contributed by atoms with Crippen LogP contribution in [-0.2, 0) is 0 Å². The van der Waals surface area contributed by atoms with Gasteiger partial charge in [0.25, 0.3) is 0 Å². The number of nitrogens with zero attached hydrogens (tertiary/aromatic N) is 3. The van der Waals surface area contributed by atoms with Gasteiger partial charge in [-0.3, -0.25) is 14.4 Å². The Hall–Kier alpha value is -1.16. The third-order valence-corrected chi connectivity index (χ3v) is 3.00. The van der Waals surface area contributed by atoms with Gasteiger partial charge in [0.15, 0.2) is 5.78 Å². The van der Waals surface area contributed by atoms with Gasteiger partial charge >= 0.3 is 0 Å². The number of aromatic nitrogens is 2. The average molecular weight is 207 g/mol. The van der Waals surface area contributed by atoms with Gasteiger partial charge in [0, 0.05) is 32.3 Å². The molecule has 0 radical (unpaired) electrons. The summed E-state index contributed by atoms with van der Waals surface area (Å²) in [6.07, 6.45) is 1.70. The van der Waals surface area contributed by atoms with Gasteiger partial charge in [-0.15, -0.1) is 0 Å². The Morgan fingerprint density at radius 2 is 2.20 bits per heavy atom. The van der Waals surface area contributed by atoms with Crippen molar-refractivity contribution in [3.63, 3.8) is 0 Å². The van der Waals surface area contributed by atoms with Gasteiger partial charge in [-0.25, -0.2) is 0 Å². The lowest BCUT2D eigenvalue weighted by Crippen LogP contribution is -2.51. The molecule has 0 amide bonds. The number of ketones is 1. The number of hydrogen-bond donors (Lipinski definition) is 0. The third-order valence-electron chi connectivity index (χ3n) is 3.00. The van der Waals surface area contributed by atoms with Crippen molar-refractivity contribution in [2.45, 2.75) is 32.9 Å². The average Bonchev–Trinajstić information content (AvgIpc) is 2.48. The molecule has 0 aromatic carbocycles. The molecule has 0 N–H and O–H groups in total. The van der Waals surface area contributed by atoms with Crippen LogP contribution < -0.4 is 0 Å². The molecule has 0 unspecified atom stereocenters. The van der Waals surface area contributed by atoms with Gasteiger partial charge in [0.1, 0.15) is 5.69 Å². The molecule has 4 nitrogen and oxygen atoms in total. The Labute approximate surface area is 89.9 Å². The first-order valence-corrected chi connectivity index (χ1v) is 5.38. The summed E-state index contributed by atoms with van der Waals surface area (Å²) in [4.78, 5) is 13.7. The maximum Gasteiger partial charge on any atom is 0.177 e. The lowest BCUT2D eigenvalue weighted by atomic mass is 10.1. The molecule has 1 saturated heterocycles. The molecule has 15 heavy (non-hydrogen) atoms. The van der Waals surface area contributed by atoms with Crippen molar-refractivity contribution in [3.05, 3.63) is 18.0 Å². The summed E-state index contributed by atoms with van der Waals surface area (Å²) in [6.45, 7) is 7.96. The first kappa shape index (κ1) is 10.4. The maximum absolute atomic E-state index is 11.3. The van der Waals surface area contributed by atoms with Crippen LogP contribution in [0, 0.1) is 0 Å². The predicted octanol–water partition coefficient (Wildman–Crippen LogP) is 1.35. The summed E-state index contributed by atoms with van der Waals surface area (Å²) in [7, 11) is 0. The molecule has 1 aliphatic rings. The van der Waals surface area contributed by atoms with E-state index in [2.05, 4.69) is 23.8 Å². The Bertz CT molecular complexity index is 364. The number of carbonyl (C=O) groups is 1. The van der Waals surface area contributed by atoms with E-state index in [1.54, 1.807) is 19.2 Å². The third kappa shape index (κ3) is 1.81. The highest BCUT2D eigenvalue weighted by Crippen LogP contribution is 2.23. The van der Waals surface area contributed by atoms with Crippen LogP contribution in [0.25, 0.3) is 0 Å². The maximum atomic E-state index is 11.3. The molecule has 1 fully saturated rings. The predicted molar refractivity (Wildman–Crippen MR) is 58.0 cm³/mol. The van der Waals surface area contributed by atoms with E-state index in [1.165, 1.54) is 0 Å². The Morgan fingerprint density at radius 1 is 1.53 bits per heavy atom. The summed E-state index contributed by atoms with van der Waals surface area (Å²) >= 11 is 0. The van der Waals surface area contributed by atoms with Gasteiger partial charge in [-0.05, 0) is 19.9 Å². The van der Waals surface area contributed by atoms with Gasteiger partial charge in [0.05, 0.1) is 6.04 Å². The molecule has 2 heterocycles. The first-order chi connectivity index (χ1) is 7.09. The van der Waals surface area contributed by atoms with Gasteiger partial charge in [-0.2, -0.15) is 5.10 Å². The van der Waals surface area contributed by atoms with E-state index in [0.717, 1.165) is 18.8 Å². The summed E-state index contributed by atoms with van der Waals surface area (Å²) in [5.74, 6) is 0.0931. The van der Waals surface area contributed by atoms with E-state index in [0.29, 0.717) is 12.1 Å². The van der Waals surface area contributed by atoms with E-state index in [4.69, 9.17) is 0 Å². The molecular formula is C11H17N3O. The highest BCUT2D eigenvalue weighted by molar-refractivity contribution is 5.92. The lowest BCUT2D eigenvalue weighted by molar-refractivity contribution is 0.0645. The van der Waals surface area contributed by atoms with Crippen LogP contribution in [0.2, 0.25) is 0 Å². The molecule has 1 aliphatic heterocycles. The molecule has 0 spiro atoms. The van der Waals surface area contributed by atoms with Crippen molar-refractivity contribution >= 4 is 5.78 Å². The van der Waals surface area contributed by atoms with Gasteiger partial charge in [0.2, 0.25) is 0 Å². The summed E-state index contributed by atoms with van der Waals surface area (Å²) < 4.78 is 1.86. The fourth-order valence-electron chi connectivity index (χ4n) is 1.95. The van der Waals surface area contributed by atoms with Crippen LogP contribution in [0.5, 0.6) is 0 Å². The fraction of sp³-hybridized carbons (Fsp3) is 0.636. The largest absolute Gasteiger partial charge is 0.297 e. The van der Waals surface area contributed by atoms with E-state index in [-0.39, 0.29) is 5.78 Å². The van der Waals surface area contributed by atoms with E-state index < -0.39 is 0 Å². The number of likely N-dealkylation sites (tertiary alicyclic amines) is 1. The highest BCUT2D eigenvalue weighted by Gasteiger charge is 2.31.